The van der Waals surface area contributed by atoms with Crippen molar-refractivity contribution in [2.45, 2.75) is 78.1 Å². The minimum absolute atomic E-state index is 0.352. The van der Waals surface area contributed by atoms with Gasteiger partial charge in [-0.05, 0) is 91.8 Å². The Morgan fingerprint density at radius 2 is 2.04 bits per heavy atom. The number of carbonyl (C=O) groups is 1. The Hall–Kier alpha value is -1.11. The van der Waals surface area contributed by atoms with Gasteiger partial charge in [-0.15, -0.1) is 0 Å². The largest absolute Gasteiger partial charge is 0.295 e. The zero-order valence-electron chi connectivity index (χ0n) is 15.5. The van der Waals surface area contributed by atoms with Crippen LogP contribution >= 0.6 is 0 Å². The lowest BCUT2D eigenvalue weighted by atomic mass is 9.55. The molecule has 0 aromatic rings. The summed E-state index contributed by atoms with van der Waals surface area (Å²) < 4.78 is 0. The van der Waals surface area contributed by atoms with Gasteiger partial charge in [-0.1, -0.05) is 38.0 Å². The quantitative estimate of drug-likeness (QED) is 0.568. The molecule has 1 nitrogen and oxygen atoms in total. The number of hydrogen-bond donors (Lipinski definition) is 0. The average molecular weight is 325 g/mol. The standard InChI is InChI=1S/C23H32O/c1-4-5-15(2)21-10-11-22-20-8-6-16-14-17(24)7-9-18(16)19(20)12-13-23(21,22)3/h14,20-22H,2,4-13H2,1,3H3/t20?,21-,22?,23-/m1/s1. The van der Waals surface area contributed by atoms with Crippen LogP contribution in [0.15, 0.2) is 34.9 Å². The third-order valence-electron chi connectivity index (χ3n) is 7.80. The fourth-order valence-corrected chi connectivity index (χ4v) is 6.70. The highest BCUT2D eigenvalue weighted by molar-refractivity contribution is 5.93. The van der Waals surface area contributed by atoms with Gasteiger partial charge in [0.2, 0.25) is 0 Å². The van der Waals surface area contributed by atoms with E-state index in [9.17, 15) is 4.79 Å². The lowest BCUT2D eigenvalue weighted by molar-refractivity contribution is -0.114. The Labute approximate surface area is 147 Å². The molecule has 0 heterocycles. The number of allylic oxidation sites excluding steroid dienone is 5. The van der Waals surface area contributed by atoms with Crippen molar-refractivity contribution < 1.29 is 4.79 Å². The Balaban J connectivity index is 1.65. The summed E-state index contributed by atoms with van der Waals surface area (Å²) in [7, 11) is 0. The van der Waals surface area contributed by atoms with E-state index in [-0.39, 0.29) is 0 Å². The lowest BCUT2D eigenvalue weighted by Gasteiger charge is -2.49. The number of hydrogen-bond acceptors (Lipinski definition) is 1. The number of rotatable bonds is 3. The minimum atomic E-state index is 0.352. The van der Waals surface area contributed by atoms with Gasteiger partial charge in [0, 0.05) is 6.42 Å². The van der Waals surface area contributed by atoms with Gasteiger partial charge in [0.1, 0.15) is 0 Å². The van der Waals surface area contributed by atoms with Crippen LogP contribution < -0.4 is 0 Å². The predicted octanol–water partition coefficient (Wildman–Crippen LogP) is 6.16. The molecule has 0 radical (unpaired) electrons. The zero-order valence-corrected chi connectivity index (χ0v) is 15.5. The van der Waals surface area contributed by atoms with E-state index in [0.29, 0.717) is 11.2 Å². The molecule has 0 amide bonds. The molecule has 2 unspecified atom stereocenters. The van der Waals surface area contributed by atoms with Gasteiger partial charge < -0.3 is 0 Å². The van der Waals surface area contributed by atoms with Crippen LogP contribution in [0.2, 0.25) is 0 Å². The highest BCUT2D eigenvalue weighted by Crippen LogP contribution is 2.63. The van der Waals surface area contributed by atoms with E-state index in [1.54, 1.807) is 11.1 Å². The summed E-state index contributed by atoms with van der Waals surface area (Å²) in [6, 6.07) is 0. The van der Waals surface area contributed by atoms with Crippen molar-refractivity contribution in [3.05, 3.63) is 34.9 Å². The van der Waals surface area contributed by atoms with Crippen LogP contribution in [0.5, 0.6) is 0 Å². The maximum atomic E-state index is 11.8. The summed E-state index contributed by atoms with van der Waals surface area (Å²) in [5.74, 6) is 2.75. The van der Waals surface area contributed by atoms with Gasteiger partial charge in [0.25, 0.3) is 0 Å². The van der Waals surface area contributed by atoms with Gasteiger partial charge in [-0.3, -0.25) is 4.79 Å². The summed E-state index contributed by atoms with van der Waals surface area (Å²) >= 11 is 0. The number of carbonyl (C=O) groups excluding carboxylic acids is 1. The van der Waals surface area contributed by atoms with Crippen LogP contribution in [0, 0.1) is 23.2 Å². The smallest absolute Gasteiger partial charge is 0.156 e. The third kappa shape index (κ3) is 2.38. The molecule has 2 saturated carbocycles. The number of ketones is 1. The maximum Gasteiger partial charge on any atom is 0.156 e. The molecule has 0 aromatic heterocycles. The average Bonchev–Trinajstić information content (AvgIpc) is 2.92. The monoisotopic (exact) mass is 324 g/mol. The van der Waals surface area contributed by atoms with E-state index < -0.39 is 0 Å². The van der Waals surface area contributed by atoms with E-state index in [4.69, 9.17) is 0 Å². The summed E-state index contributed by atoms with van der Waals surface area (Å²) in [5, 5.41) is 0. The number of fused-ring (bicyclic) bond motifs is 4. The topological polar surface area (TPSA) is 17.1 Å². The van der Waals surface area contributed by atoms with E-state index in [0.717, 1.165) is 37.0 Å². The Kier molecular flexibility index (Phi) is 4.09. The molecule has 1 heteroatoms. The van der Waals surface area contributed by atoms with Crippen LogP contribution in [0.1, 0.15) is 78.1 Å². The van der Waals surface area contributed by atoms with Crippen molar-refractivity contribution in [1.82, 2.24) is 0 Å². The molecular formula is C23H32O. The van der Waals surface area contributed by atoms with Crippen LogP contribution in [0.4, 0.5) is 0 Å². The predicted molar refractivity (Wildman–Crippen MR) is 99.7 cm³/mol. The lowest BCUT2D eigenvalue weighted by Crippen LogP contribution is -2.40. The first-order valence-corrected chi connectivity index (χ1v) is 10.2. The molecule has 24 heavy (non-hydrogen) atoms. The maximum absolute atomic E-state index is 11.8. The van der Waals surface area contributed by atoms with Crippen LogP contribution in [-0.4, -0.2) is 5.78 Å². The van der Waals surface area contributed by atoms with Gasteiger partial charge in [0.05, 0.1) is 0 Å². The molecule has 0 bridgehead atoms. The molecule has 4 rings (SSSR count). The molecule has 4 aliphatic rings. The van der Waals surface area contributed by atoms with Crippen LogP contribution in [-0.2, 0) is 4.79 Å². The van der Waals surface area contributed by atoms with Crippen molar-refractivity contribution >= 4 is 5.78 Å². The molecule has 0 aromatic carbocycles. The summed E-state index contributed by atoms with van der Waals surface area (Å²) in [4.78, 5) is 11.8. The van der Waals surface area contributed by atoms with Crippen molar-refractivity contribution in [2.24, 2.45) is 23.2 Å². The van der Waals surface area contributed by atoms with E-state index in [1.165, 1.54) is 56.1 Å². The molecular weight excluding hydrogens is 292 g/mol. The summed E-state index contributed by atoms with van der Waals surface area (Å²) in [5.41, 5.74) is 6.75. The minimum Gasteiger partial charge on any atom is -0.295 e. The molecule has 4 aliphatic carbocycles. The normalized spacial score (nSPS) is 38.3. The van der Waals surface area contributed by atoms with Gasteiger partial charge in [-0.25, -0.2) is 0 Å². The molecule has 0 N–H and O–H groups in total. The van der Waals surface area contributed by atoms with Gasteiger partial charge in [-0.2, -0.15) is 0 Å². The van der Waals surface area contributed by atoms with Crippen molar-refractivity contribution in [3.63, 3.8) is 0 Å². The first-order valence-electron chi connectivity index (χ1n) is 10.2. The highest BCUT2D eigenvalue weighted by atomic mass is 16.1. The summed E-state index contributed by atoms with van der Waals surface area (Å²) in [6.45, 7) is 9.34. The third-order valence-corrected chi connectivity index (χ3v) is 7.80. The second-order valence-corrected chi connectivity index (χ2v) is 8.94. The second-order valence-electron chi connectivity index (χ2n) is 8.94. The van der Waals surface area contributed by atoms with Gasteiger partial charge >= 0.3 is 0 Å². The molecule has 0 spiro atoms. The van der Waals surface area contributed by atoms with E-state index in [2.05, 4.69) is 20.4 Å². The van der Waals surface area contributed by atoms with Crippen LogP contribution in [0.3, 0.4) is 0 Å². The SMILES string of the molecule is C=C(CCC)[C@H]1CCC2C3CCC4=CC(=O)CCC4=C3CC[C@@]21C. The van der Waals surface area contributed by atoms with E-state index in [1.807, 2.05) is 6.08 Å². The van der Waals surface area contributed by atoms with Crippen molar-refractivity contribution in [1.29, 1.82) is 0 Å². The fraction of sp³-hybridized carbons (Fsp3) is 0.696. The van der Waals surface area contributed by atoms with E-state index >= 15 is 0 Å². The second kappa shape index (κ2) is 6.00. The summed E-state index contributed by atoms with van der Waals surface area (Å²) in [6.07, 6.45) is 14.0. The molecule has 0 saturated heterocycles. The first kappa shape index (κ1) is 16.4. The Morgan fingerprint density at radius 3 is 2.83 bits per heavy atom. The molecule has 130 valence electrons. The molecule has 4 atom stereocenters. The van der Waals surface area contributed by atoms with Crippen molar-refractivity contribution in [2.75, 3.05) is 0 Å². The zero-order chi connectivity index (χ0) is 16.9. The highest BCUT2D eigenvalue weighted by Gasteiger charge is 2.53. The van der Waals surface area contributed by atoms with Crippen molar-refractivity contribution in [3.8, 4) is 0 Å². The fourth-order valence-electron chi connectivity index (χ4n) is 6.70. The Bertz CT molecular complexity index is 634. The van der Waals surface area contributed by atoms with Gasteiger partial charge in [0.15, 0.2) is 5.78 Å². The molecule has 0 aliphatic heterocycles. The van der Waals surface area contributed by atoms with Crippen LogP contribution in [0.25, 0.3) is 0 Å². The molecule has 2 fully saturated rings. The Morgan fingerprint density at radius 1 is 1.21 bits per heavy atom. The first-order chi connectivity index (χ1) is 11.5.